The standard InChI is InChI=1S/C12H10BrN7O2/c1-22-9-5-7(4-8(13)12(9)21)6-14-15-10-2-3-11-16-18-19-20(11)17-10/h2-6,21H,1H3,(H,15,17). The van der Waals surface area contributed by atoms with E-state index in [2.05, 4.69) is 47.1 Å². The van der Waals surface area contributed by atoms with Crippen molar-refractivity contribution in [1.29, 1.82) is 0 Å². The third-order valence-electron chi connectivity index (χ3n) is 2.73. The van der Waals surface area contributed by atoms with Crippen LogP contribution >= 0.6 is 15.9 Å². The van der Waals surface area contributed by atoms with Crippen LogP contribution in [-0.2, 0) is 0 Å². The highest BCUT2D eigenvalue weighted by molar-refractivity contribution is 9.10. The molecule has 0 fully saturated rings. The Morgan fingerprint density at radius 2 is 2.27 bits per heavy atom. The van der Waals surface area contributed by atoms with Crippen LogP contribution in [0.1, 0.15) is 5.56 Å². The van der Waals surface area contributed by atoms with Gasteiger partial charge in [0.15, 0.2) is 23.0 Å². The van der Waals surface area contributed by atoms with Gasteiger partial charge in [0.05, 0.1) is 17.8 Å². The lowest BCUT2D eigenvalue weighted by Crippen LogP contribution is -2.00. The molecule has 2 heterocycles. The zero-order valence-corrected chi connectivity index (χ0v) is 12.9. The van der Waals surface area contributed by atoms with Crippen LogP contribution in [0.25, 0.3) is 5.65 Å². The van der Waals surface area contributed by atoms with Gasteiger partial charge in [0, 0.05) is 0 Å². The van der Waals surface area contributed by atoms with Gasteiger partial charge in [-0.1, -0.05) is 0 Å². The highest BCUT2D eigenvalue weighted by atomic mass is 79.9. The lowest BCUT2D eigenvalue weighted by molar-refractivity contribution is 0.372. The highest BCUT2D eigenvalue weighted by Crippen LogP contribution is 2.34. The van der Waals surface area contributed by atoms with Crippen LogP contribution in [0.4, 0.5) is 5.82 Å². The molecule has 0 spiro atoms. The topological polar surface area (TPSA) is 110 Å². The van der Waals surface area contributed by atoms with Gasteiger partial charge in [0.25, 0.3) is 0 Å². The summed E-state index contributed by atoms with van der Waals surface area (Å²) in [4.78, 5) is 0. The van der Waals surface area contributed by atoms with E-state index in [1.54, 1.807) is 30.5 Å². The van der Waals surface area contributed by atoms with Crippen LogP contribution in [-0.4, -0.2) is 43.7 Å². The largest absolute Gasteiger partial charge is 0.503 e. The SMILES string of the molecule is COc1cc(C=NNc2ccc3nnnn3n2)cc(Br)c1O. The van der Waals surface area contributed by atoms with Gasteiger partial charge in [-0.3, -0.25) is 5.43 Å². The molecule has 0 radical (unpaired) electrons. The number of halogens is 1. The molecule has 0 aliphatic heterocycles. The second-order valence-corrected chi connectivity index (χ2v) is 5.02. The van der Waals surface area contributed by atoms with E-state index in [-0.39, 0.29) is 5.75 Å². The zero-order valence-electron chi connectivity index (χ0n) is 11.3. The third kappa shape index (κ3) is 2.81. The molecule has 3 aromatic rings. The first-order valence-electron chi connectivity index (χ1n) is 6.08. The normalized spacial score (nSPS) is 11.2. The summed E-state index contributed by atoms with van der Waals surface area (Å²) in [5.41, 5.74) is 4.05. The molecule has 10 heteroatoms. The van der Waals surface area contributed by atoms with E-state index in [1.165, 1.54) is 11.7 Å². The monoisotopic (exact) mass is 363 g/mol. The van der Waals surface area contributed by atoms with Gasteiger partial charge >= 0.3 is 0 Å². The van der Waals surface area contributed by atoms with Gasteiger partial charge in [-0.25, -0.2) is 0 Å². The number of hydrogen-bond acceptors (Lipinski definition) is 8. The summed E-state index contributed by atoms with van der Waals surface area (Å²) in [6, 6.07) is 6.78. The summed E-state index contributed by atoms with van der Waals surface area (Å²) < 4.78 is 6.88. The fourth-order valence-electron chi connectivity index (χ4n) is 1.71. The second kappa shape index (κ2) is 5.93. The first kappa shape index (κ1) is 14.2. The van der Waals surface area contributed by atoms with E-state index in [1.807, 2.05) is 0 Å². The maximum absolute atomic E-state index is 9.74. The summed E-state index contributed by atoms with van der Waals surface area (Å²) in [6.45, 7) is 0. The van der Waals surface area contributed by atoms with E-state index >= 15 is 0 Å². The molecule has 0 saturated carbocycles. The Morgan fingerprint density at radius 1 is 1.41 bits per heavy atom. The van der Waals surface area contributed by atoms with Crippen molar-refractivity contribution in [3.63, 3.8) is 0 Å². The smallest absolute Gasteiger partial charge is 0.200 e. The molecule has 9 nitrogen and oxygen atoms in total. The maximum Gasteiger partial charge on any atom is 0.200 e. The molecule has 2 N–H and O–H groups in total. The summed E-state index contributed by atoms with van der Waals surface area (Å²) in [5, 5.41) is 28.9. The predicted molar refractivity (Wildman–Crippen MR) is 82.2 cm³/mol. The minimum Gasteiger partial charge on any atom is -0.503 e. The van der Waals surface area contributed by atoms with Crippen molar-refractivity contribution >= 4 is 33.6 Å². The Balaban J connectivity index is 1.78. The number of hydrazone groups is 1. The van der Waals surface area contributed by atoms with Gasteiger partial charge in [0.2, 0.25) is 0 Å². The fourth-order valence-corrected chi connectivity index (χ4v) is 2.17. The molecule has 112 valence electrons. The number of aromatic nitrogens is 5. The van der Waals surface area contributed by atoms with Gasteiger partial charge in [-0.15, -0.1) is 14.8 Å². The van der Waals surface area contributed by atoms with Crippen LogP contribution < -0.4 is 10.2 Å². The van der Waals surface area contributed by atoms with Crippen molar-refractivity contribution in [2.24, 2.45) is 5.10 Å². The van der Waals surface area contributed by atoms with Crippen molar-refractivity contribution in [2.75, 3.05) is 12.5 Å². The summed E-state index contributed by atoms with van der Waals surface area (Å²) in [5.74, 6) is 0.878. The number of aromatic hydroxyl groups is 1. The molecule has 22 heavy (non-hydrogen) atoms. The Morgan fingerprint density at radius 3 is 3.09 bits per heavy atom. The molecule has 0 unspecified atom stereocenters. The molecule has 0 bridgehead atoms. The summed E-state index contributed by atoms with van der Waals surface area (Å²) in [6.07, 6.45) is 1.57. The number of anilines is 1. The third-order valence-corrected chi connectivity index (χ3v) is 3.34. The van der Waals surface area contributed by atoms with E-state index in [9.17, 15) is 5.11 Å². The van der Waals surface area contributed by atoms with Gasteiger partial charge in [-0.2, -0.15) is 5.10 Å². The van der Waals surface area contributed by atoms with E-state index in [4.69, 9.17) is 4.74 Å². The second-order valence-electron chi connectivity index (χ2n) is 4.17. The first-order valence-corrected chi connectivity index (χ1v) is 6.87. The van der Waals surface area contributed by atoms with Crippen molar-refractivity contribution < 1.29 is 9.84 Å². The minimum absolute atomic E-state index is 0.0402. The lowest BCUT2D eigenvalue weighted by Gasteiger charge is -2.06. The van der Waals surface area contributed by atoms with E-state index in [0.29, 0.717) is 21.7 Å². The number of tetrazole rings is 1. The quantitative estimate of drug-likeness (QED) is 0.532. The molecular weight excluding hydrogens is 354 g/mol. The number of fused-ring (bicyclic) bond motifs is 1. The molecule has 0 aliphatic carbocycles. The number of nitrogens with one attached hydrogen (secondary N) is 1. The molecule has 1 aromatic carbocycles. The van der Waals surface area contributed by atoms with Crippen LogP contribution in [0, 0.1) is 0 Å². The Kier molecular flexibility index (Phi) is 3.83. The predicted octanol–water partition coefficient (Wildman–Crippen LogP) is 1.44. The molecule has 2 aromatic heterocycles. The summed E-state index contributed by atoms with van der Waals surface area (Å²) in [7, 11) is 1.48. The Labute approximate surface area is 132 Å². The Bertz CT molecular complexity index is 849. The van der Waals surface area contributed by atoms with Crippen LogP contribution in [0.5, 0.6) is 11.5 Å². The van der Waals surface area contributed by atoms with Crippen molar-refractivity contribution in [1.82, 2.24) is 25.3 Å². The van der Waals surface area contributed by atoms with Crippen LogP contribution in [0.3, 0.4) is 0 Å². The molecule has 0 amide bonds. The van der Waals surface area contributed by atoms with Crippen molar-refractivity contribution in [3.8, 4) is 11.5 Å². The number of hydrogen-bond donors (Lipinski definition) is 2. The average Bonchev–Trinajstić information content (AvgIpc) is 2.98. The number of phenols is 1. The van der Waals surface area contributed by atoms with Crippen molar-refractivity contribution in [2.45, 2.75) is 0 Å². The molecule has 0 aliphatic rings. The maximum atomic E-state index is 9.74. The van der Waals surface area contributed by atoms with Gasteiger partial charge in [0.1, 0.15) is 0 Å². The van der Waals surface area contributed by atoms with Crippen LogP contribution in [0.15, 0.2) is 33.8 Å². The number of methoxy groups -OCH3 is 1. The van der Waals surface area contributed by atoms with Crippen LogP contribution in [0.2, 0.25) is 0 Å². The number of rotatable bonds is 4. The highest BCUT2D eigenvalue weighted by Gasteiger charge is 2.07. The average molecular weight is 364 g/mol. The lowest BCUT2D eigenvalue weighted by atomic mass is 10.2. The van der Waals surface area contributed by atoms with E-state index in [0.717, 1.165) is 5.56 Å². The van der Waals surface area contributed by atoms with Gasteiger partial charge in [-0.05, 0) is 56.2 Å². The fraction of sp³-hybridized carbons (Fsp3) is 0.0833. The molecule has 0 atom stereocenters. The number of benzene rings is 1. The first-order chi connectivity index (χ1) is 10.7. The number of nitrogens with zero attached hydrogens (tertiary/aromatic N) is 6. The molecular formula is C12H10BrN7O2. The number of phenolic OH excluding ortho intramolecular Hbond substituents is 1. The minimum atomic E-state index is 0.0402. The Hall–Kier alpha value is -2.75. The zero-order chi connectivity index (χ0) is 15.5. The molecule has 0 saturated heterocycles. The van der Waals surface area contributed by atoms with Crippen molar-refractivity contribution in [3.05, 3.63) is 34.3 Å². The summed E-state index contributed by atoms with van der Waals surface area (Å²) >= 11 is 3.25. The molecule has 3 rings (SSSR count). The number of ether oxygens (including phenoxy) is 1. The van der Waals surface area contributed by atoms with Gasteiger partial charge < -0.3 is 9.84 Å². The van der Waals surface area contributed by atoms with E-state index < -0.39 is 0 Å².